The molecule has 1 heterocycles. The van der Waals surface area contributed by atoms with E-state index < -0.39 is 0 Å². The van der Waals surface area contributed by atoms with Crippen LogP contribution in [-0.2, 0) is 0 Å². The van der Waals surface area contributed by atoms with Crippen LogP contribution >= 0.6 is 20.7 Å². The van der Waals surface area contributed by atoms with Gasteiger partial charge < -0.3 is 5.73 Å². The first-order valence-electron chi connectivity index (χ1n) is 1.65. The molecule has 4 heteroatoms. The van der Waals surface area contributed by atoms with Crippen LogP contribution in [0.25, 0.3) is 0 Å². The van der Waals surface area contributed by atoms with Crippen molar-refractivity contribution in [3.8, 4) is 0 Å². The summed E-state index contributed by atoms with van der Waals surface area (Å²) in [6.45, 7) is 0. The van der Waals surface area contributed by atoms with Crippen molar-refractivity contribution in [3.63, 3.8) is 0 Å². The van der Waals surface area contributed by atoms with Gasteiger partial charge in [-0.05, 0) is 10.3 Å². The average Bonchev–Trinajstić information content (AvgIpc) is 1.87. The van der Waals surface area contributed by atoms with Gasteiger partial charge in [-0.15, -0.1) is 0 Å². The van der Waals surface area contributed by atoms with Crippen LogP contribution in [0, 0.1) is 0 Å². The fourth-order valence-corrected chi connectivity index (χ4v) is 1.66. The van der Waals surface area contributed by atoms with E-state index in [1.54, 1.807) is 0 Å². The van der Waals surface area contributed by atoms with Gasteiger partial charge in [0.2, 0.25) is 4.74 Å². The van der Waals surface area contributed by atoms with Crippen LogP contribution in [0.1, 0.15) is 0 Å². The number of anilines is 1. The van der Waals surface area contributed by atoms with Gasteiger partial charge in [-0.1, -0.05) is 10.3 Å². The van der Waals surface area contributed by atoms with Crippen LogP contribution in [-0.4, -0.2) is 0 Å². The lowest BCUT2D eigenvalue weighted by atomic mass is 10.7. The molecule has 0 radical (unpaired) electrons. The van der Waals surface area contributed by atoms with Gasteiger partial charge in [0.25, 0.3) is 0 Å². The smallest absolute Gasteiger partial charge is 0.245 e. The predicted molar refractivity (Wildman–Crippen MR) is 32.9 cm³/mol. The third-order valence-electron chi connectivity index (χ3n) is 0.480. The summed E-state index contributed by atoms with van der Waals surface area (Å²) in [4.78, 5) is 10.2. The molecule has 0 atom stereocenters. The van der Waals surface area contributed by atoms with Gasteiger partial charge in [-0.25, -0.2) is 0 Å². The Morgan fingerprint density at radius 1 is 1.57 bits per heavy atom. The molecule has 0 aliphatic carbocycles. The SMILES string of the molecule is Nc1cc(=O)ss1. The number of nitrogen functional groups attached to an aromatic ring is 1. The summed E-state index contributed by atoms with van der Waals surface area (Å²) < 4.78 is 0.0440. The van der Waals surface area contributed by atoms with Gasteiger partial charge in [-0.3, -0.25) is 4.79 Å². The molecule has 0 fully saturated rings. The molecule has 0 amide bonds. The van der Waals surface area contributed by atoms with Gasteiger partial charge in [0.15, 0.2) is 0 Å². The average molecular weight is 133 g/mol. The van der Waals surface area contributed by atoms with E-state index in [-0.39, 0.29) is 4.74 Å². The van der Waals surface area contributed by atoms with Crippen molar-refractivity contribution < 1.29 is 0 Å². The lowest BCUT2D eigenvalue weighted by Crippen LogP contribution is -1.83. The van der Waals surface area contributed by atoms with E-state index in [4.69, 9.17) is 5.73 Å². The molecular weight excluding hydrogens is 130 g/mol. The lowest BCUT2D eigenvalue weighted by Gasteiger charge is -1.66. The molecule has 0 aromatic carbocycles. The maximum Gasteiger partial charge on any atom is 0.245 e. The summed E-state index contributed by atoms with van der Waals surface area (Å²) in [5.41, 5.74) is 5.21. The molecule has 38 valence electrons. The maximum atomic E-state index is 10.2. The van der Waals surface area contributed by atoms with Gasteiger partial charge in [-0.2, -0.15) is 0 Å². The number of rotatable bonds is 0. The van der Waals surface area contributed by atoms with E-state index in [2.05, 4.69) is 0 Å². The van der Waals surface area contributed by atoms with Gasteiger partial charge in [0.05, 0.1) is 0 Å². The van der Waals surface area contributed by atoms with Crippen LogP contribution in [0.5, 0.6) is 0 Å². The molecule has 0 saturated carbocycles. The van der Waals surface area contributed by atoms with E-state index in [0.29, 0.717) is 5.00 Å². The third-order valence-corrected chi connectivity index (χ3v) is 2.48. The second-order valence-electron chi connectivity index (χ2n) is 1.03. The first-order valence-corrected chi connectivity index (χ1v) is 3.79. The van der Waals surface area contributed by atoms with Crippen molar-refractivity contribution in [2.45, 2.75) is 0 Å². The quantitative estimate of drug-likeness (QED) is 0.531. The maximum absolute atomic E-state index is 10.2. The summed E-state index contributed by atoms with van der Waals surface area (Å²) in [7, 11) is 2.48. The van der Waals surface area contributed by atoms with Crippen LogP contribution in [0.4, 0.5) is 5.00 Å². The summed E-state index contributed by atoms with van der Waals surface area (Å²) in [5.74, 6) is 0. The van der Waals surface area contributed by atoms with Crippen molar-refractivity contribution in [2.75, 3.05) is 5.73 Å². The van der Waals surface area contributed by atoms with E-state index in [1.807, 2.05) is 0 Å². The normalized spacial score (nSPS) is 9.14. The van der Waals surface area contributed by atoms with E-state index in [9.17, 15) is 4.79 Å². The second kappa shape index (κ2) is 1.63. The highest BCUT2D eigenvalue weighted by Gasteiger charge is 1.86. The Bertz CT molecular complexity index is 201. The number of hydrogen-bond acceptors (Lipinski definition) is 4. The number of nitrogens with two attached hydrogens (primary N) is 1. The summed E-state index contributed by atoms with van der Waals surface area (Å²) in [6, 6.07) is 1.43. The van der Waals surface area contributed by atoms with Crippen LogP contribution in [0.15, 0.2) is 10.9 Å². The largest absolute Gasteiger partial charge is 0.390 e. The fourth-order valence-electron chi connectivity index (χ4n) is 0.253. The van der Waals surface area contributed by atoms with Crippen molar-refractivity contribution in [3.05, 3.63) is 15.6 Å². The Hall–Kier alpha value is -0.350. The standard InChI is InChI=1S/C3H3NOS2/c4-2-1-3(5)7-6-2/h1H,4H2. The zero-order valence-corrected chi connectivity index (χ0v) is 5.01. The van der Waals surface area contributed by atoms with Gasteiger partial charge in [0, 0.05) is 6.07 Å². The molecule has 0 unspecified atom stereocenters. The zero-order valence-electron chi connectivity index (χ0n) is 3.38. The molecule has 1 aromatic rings. The molecule has 0 bridgehead atoms. The molecule has 0 aliphatic heterocycles. The molecule has 1 aromatic heterocycles. The highest BCUT2D eigenvalue weighted by Crippen LogP contribution is 2.09. The molecule has 1 rings (SSSR count). The minimum absolute atomic E-state index is 0.0440. The highest BCUT2D eigenvalue weighted by molar-refractivity contribution is 7.70. The second-order valence-corrected chi connectivity index (χ2v) is 3.24. The molecule has 0 spiro atoms. The van der Waals surface area contributed by atoms with Gasteiger partial charge >= 0.3 is 0 Å². The monoisotopic (exact) mass is 133 g/mol. The predicted octanol–water partition coefficient (Wildman–Crippen LogP) is 0.752. The molecule has 0 aliphatic rings. The van der Waals surface area contributed by atoms with Crippen LogP contribution in [0.2, 0.25) is 0 Å². The summed E-state index contributed by atoms with van der Waals surface area (Å²) in [5, 5.41) is 0.606. The van der Waals surface area contributed by atoms with E-state index >= 15 is 0 Å². The van der Waals surface area contributed by atoms with Crippen LogP contribution in [0.3, 0.4) is 0 Å². The number of hydrogen-bond donors (Lipinski definition) is 1. The first-order chi connectivity index (χ1) is 3.29. The summed E-state index contributed by atoms with van der Waals surface area (Å²) in [6.07, 6.45) is 0. The Kier molecular flexibility index (Phi) is 1.12. The molecule has 7 heavy (non-hydrogen) atoms. The Morgan fingerprint density at radius 3 is 2.43 bits per heavy atom. The topological polar surface area (TPSA) is 43.1 Å². The van der Waals surface area contributed by atoms with Crippen molar-refractivity contribution in [1.29, 1.82) is 0 Å². The summed E-state index contributed by atoms with van der Waals surface area (Å²) >= 11 is 0. The van der Waals surface area contributed by atoms with Crippen LogP contribution < -0.4 is 10.5 Å². The minimum atomic E-state index is 0.0440. The molecule has 2 N–H and O–H groups in total. The Morgan fingerprint density at radius 2 is 2.29 bits per heavy atom. The molecule has 0 saturated heterocycles. The van der Waals surface area contributed by atoms with Gasteiger partial charge in [0.1, 0.15) is 5.00 Å². The van der Waals surface area contributed by atoms with Crippen molar-refractivity contribution in [2.24, 2.45) is 0 Å². The fraction of sp³-hybridized carbons (Fsp3) is 0. The Balaban J connectivity index is 3.30. The highest BCUT2D eigenvalue weighted by atomic mass is 32.9. The van der Waals surface area contributed by atoms with E-state index in [1.165, 1.54) is 26.7 Å². The Labute approximate surface area is 47.6 Å². The molecule has 2 nitrogen and oxygen atoms in total. The zero-order chi connectivity index (χ0) is 5.28. The van der Waals surface area contributed by atoms with Crippen molar-refractivity contribution >= 4 is 25.7 Å². The first kappa shape index (κ1) is 4.80. The third kappa shape index (κ3) is 1.01. The lowest BCUT2D eigenvalue weighted by molar-refractivity contribution is 1.86. The molecular formula is C3H3NOS2. The van der Waals surface area contributed by atoms with Crippen molar-refractivity contribution in [1.82, 2.24) is 0 Å². The van der Waals surface area contributed by atoms with E-state index in [0.717, 1.165) is 0 Å². The minimum Gasteiger partial charge on any atom is -0.390 e.